The molecule has 82 heavy (non-hydrogen) atoms. The van der Waals surface area contributed by atoms with Gasteiger partial charge in [0.2, 0.25) is 0 Å². The summed E-state index contributed by atoms with van der Waals surface area (Å²) < 4.78 is 35.6. The number of aliphatic hydroxyl groups is 3. The van der Waals surface area contributed by atoms with Crippen LogP contribution in [0.2, 0.25) is 0 Å². The van der Waals surface area contributed by atoms with Crippen molar-refractivity contribution in [3.63, 3.8) is 0 Å². The maximum absolute atomic E-state index is 16.7. The number of nitrogens with one attached hydrogen (secondary N) is 1. The van der Waals surface area contributed by atoms with Crippen LogP contribution in [-0.4, -0.2) is 106 Å². The smallest absolute Gasteiger partial charge is 0.339 e. The second-order valence-corrected chi connectivity index (χ2v) is 31.4. The molecule has 0 radical (unpaired) electrons. The van der Waals surface area contributed by atoms with E-state index < -0.39 is 81.2 Å². The van der Waals surface area contributed by atoms with Gasteiger partial charge in [-0.25, -0.2) is 4.79 Å². The Morgan fingerprint density at radius 1 is 0.866 bits per heavy atom. The lowest BCUT2D eigenvalue weighted by Crippen LogP contribution is -2.80. The summed E-state index contributed by atoms with van der Waals surface area (Å²) in [5.41, 5.74) is -4.34. The Kier molecular flexibility index (Phi) is 12.9. The number of fused-ring (bicyclic) bond motifs is 5. The summed E-state index contributed by atoms with van der Waals surface area (Å²) in [5, 5.41) is 40.3. The number of rotatable bonds is 11. The maximum Gasteiger partial charge on any atom is 0.339 e. The van der Waals surface area contributed by atoms with E-state index in [0.717, 1.165) is 95.8 Å². The quantitative estimate of drug-likeness (QED) is 0.123. The molecule has 7 saturated carbocycles. The molecule has 21 unspecified atom stereocenters. The Morgan fingerprint density at radius 2 is 1.67 bits per heavy atom. The van der Waals surface area contributed by atoms with Crippen molar-refractivity contribution >= 4 is 17.7 Å². The number of epoxide rings is 1. The number of allylic oxidation sites excluding steroid dienone is 1. The van der Waals surface area contributed by atoms with Crippen LogP contribution < -0.4 is 5.32 Å². The molecule has 0 bridgehead atoms. The minimum atomic E-state index is -1.50. The van der Waals surface area contributed by atoms with Crippen LogP contribution in [0.25, 0.3) is 0 Å². The Balaban J connectivity index is 0.855. The third-order valence-electron chi connectivity index (χ3n) is 26.9. The average Bonchev–Trinajstić information content (AvgIpc) is 1.42. The zero-order chi connectivity index (χ0) is 56.6. The normalized spacial score (nSPS) is 47.1. The third-order valence-corrected chi connectivity index (χ3v) is 26.9. The van der Waals surface area contributed by atoms with Gasteiger partial charge in [-0.3, -0.25) is 14.9 Å². The number of hydrogen-bond donors (Lipinski definition) is 4. The summed E-state index contributed by atoms with van der Waals surface area (Å²) in [6.07, 6.45) is 20.9. The number of furan rings is 1. The van der Waals surface area contributed by atoms with E-state index in [-0.39, 0.29) is 60.0 Å². The number of aliphatic hydroxyl groups excluding tert-OH is 3. The van der Waals surface area contributed by atoms with E-state index in [1.54, 1.807) is 6.26 Å². The molecule has 5 spiro atoms. The van der Waals surface area contributed by atoms with Gasteiger partial charge in [-0.15, -0.1) is 0 Å². The second kappa shape index (κ2) is 19.2. The monoisotopic (exact) mass is 1130 g/mol. The van der Waals surface area contributed by atoms with Crippen molar-refractivity contribution in [2.75, 3.05) is 26.4 Å². The van der Waals surface area contributed by atoms with Gasteiger partial charge < -0.3 is 43.6 Å². The first kappa shape index (κ1) is 55.0. The zero-order valence-electron chi connectivity index (χ0n) is 49.7. The number of nitrogens with zero attached hydrogens (tertiary/aromatic N) is 1. The van der Waals surface area contributed by atoms with E-state index in [4.69, 9.17) is 23.4 Å². The summed E-state index contributed by atoms with van der Waals surface area (Å²) >= 11 is 0. The van der Waals surface area contributed by atoms with Gasteiger partial charge in [0.15, 0.2) is 11.9 Å². The van der Waals surface area contributed by atoms with Gasteiger partial charge in [-0.1, -0.05) is 82.9 Å². The highest BCUT2D eigenvalue weighted by Crippen LogP contribution is 2.85. The molecule has 5 saturated heterocycles. The Hall–Kier alpha value is -3.59. The van der Waals surface area contributed by atoms with E-state index in [0.29, 0.717) is 60.7 Å². The topological polar surface area (TPSA) is 181 Å². The number of ether oxygens (including phenoxy) is 4. The largest absolute Gasteiger partial charge is 0.469 e. The predicted molar refractivity (Wildman–Crippen MR) is 305 cm³/mol. The van der Waals surface area contributed by atoms with Gasteiger partial charge in [0.1, 0.15) is 30.2 Å². The van der Waals surface area contributed by atoms with Crippen molar-refractivity contribution in [2.45, 2.75) is 217 Å². The van der Waals surface area contributed by atoms with Crippen LogP contribution in [0.1, 0.15) is 180 Å². The number of esters is 2. The fourth-order valence-electron chi connectivity index (χ4n) is 24.3. The fraction of sp³-hybridized carbons (Fsp3) is 0.783. The van der Waals surface area contributed by atoms with E-state index in [1.165, 1.54) is 37.7 Å². The minimum Gasteiger partial charge on any atom is -0.469 e. The first-order valence-electron chi connectivity index (χ1n) is 32.9. The van der Waals surface area contributed by atoms with E-state index in [2.05, 4.69) is 73.6 Å². The molecule has 13 heteroatoms. The average molecular weight is 1130 g/mol. The van der Waals surface area contributed by atoms with E-state index in [9.17, 15) is 15.3 Å². The highest BCUT2D eigenvalue weighted by molar-refractivity contribution is 5.93. The fourth-order valence-corrected chi connectivity index (χ4v) is 24.3. The van der Waals surface area contributed by atoms with Crippen molar-refractivity contribution in [2.24, 2.45) is 91.7 Å². The standard InChI is InChI=1S/C69H94N2O11/c1-40(2)28-46-33-65(25-24-64(36-65)21-9-10-22-64)37-66(46)60-67(38-79-61(66)77)53-18-23-63(5)57(48-20-27-78-52(48)32-49(51(73)35-72)43-16-17-47-44(31-43)19-26-71-39-70-34-50(47)71)80-59(76)58-69(63,81-58)68(53,56(75)54(74)55(67)62(3,4)82-60)45-15-11-14-42(30-45)29-41-12-7-6-8-13-41/h6-8,12-13,19-20,26-27,40,42-47,49-51,53,55-58,60,70,72-73,75H,9-11,14-18,21-25,28-39H2,1-5H3. The minimum absolute atomic E-state index is 0.00244. The predicted octanol–water partition coefficient (Wildman–Crippen LogP) is 10.2. The molecule has 7 heterocycles. The van der Waals surface area contributed by atoms with Crippen LogP contribution >= 0.6 is 0 Å². The van der Waals surface area contributed by atoms with Crippen LogP contribution in [0.3, 0.4) is 0 Å². The summed E-state index contributed by atoms with van der Waals surface area (Å²) in [7, 11) is 0. The Bertz CT molecular complexity index is 2860. The number of cyclic esters (lactones) is 2. The number of Topliss-reactive ketones (excluding diaryl/α,β-unsaturated/α-hetero) is 1. The van der Waals surface area contributed by atoms with Crippen LogP contribution in [0.4, 0.5) is 0 Å². The lowest BCUT2D eigenvalue weighted by molar-refractivity contribution is -0.288. The molecular formula is C69H94N2O11. The highest BCUT2D eigenvalue weighted by atomic mass is 16.7. The molecule has 21 atom stereocenters. The van der Waals surface area contributed by atoms with Crippen molar-refractivity contribution in [1.29, 1.82) is 0 Å². The van der Waals surface area contributed by atoms with Gasteiger partial charge in [0, 0.05) is 40.8 Å². The van der Waals surface area contributed by atoms with Crippen LogP contribution in [0, 0.1) is 91.7 Å². The Labute approximate surface area is 486 Å². The van der Waals surface area contributed by atoms with Crippen LogP contribution in [0.5, 0.6) is 0 Å². The van der Waals surface area contributed by atoms with Gasteiger partial charge >= 0.3 is 11.9 Å². The first-order chi connectivity index (χ1) is 39.4. The molecule has 15 rings (SSSR count). The molecule has 4 N–H and O–H groups in total. The molecule has 7 aliphatic carbocycles. The molecule has 2 aromatic rings. The second-order valence-electron chi connectivity index (χ2n) is 31.4. The zero-order valence-corrected chi connectivity index (χ0v) is 49.7. The van der Waals surface area contributed by atoms with Crippen molar-refractivity contribution in [1.82, 2.24) is 10.2 Å². The van der Waals surface area contributed by atoms with Crippen molar-refractivity contribution in [3.05, 3.63) is 71.8 Å². The van der Waals surface area contributed by atoms with Crippen molar-refractivity contribution < 1.29 is 53.1 Å². The maximum atomic E-state index is 16.7. The number of ketones is 1. The van der Waals surface area contributed by atoms with Gasteiger partial charge in [0.05, 0.1) is 48.7 Å². The molecular weight excluding hydrogens is 1030 g/mol. The first-order valence-corrected chi connectivity index (χ1v) is 32.9. The molecule has 13 aliphatic rings. The summed E-state index contributed by atoms with van der Waals surface area (Å²) in [5.74, 6) is -0.411. The molecule has 446 valence electrons. The number of hydrogen-bond acceptors (Lipinski definition) is 13. The lowest BCUT2D eigenvalue weighted by Gasteiger charge is -2.71. The SMILES string of the molecule is CC(C)CC1CC2(CCC3(CCCC3)C2)CC12C(=O)OCC13C(C(=O)C(O)C4(C5CCCC(Cc6ccccc6)C5)C1CCC1(C)C(c5ccoc5CC(C(O)CO)C5CCC6C(C=CN7CNCC67)C5)OC(=O)C5OC514)C(C)(C)OC23. The number of carbonyl (C=O) groups is 3. The molecule has 12 fully saturated rings. The molecule has 13 nitrogen and oxygen atoms in total. The van der Waals surface area contributed by atoms with Gasteiger partial charge in [0.25, 0.3) is 0 Å². The third kappa shape index (κ3) is 7.46. The molecule has 1 aromatic heterocycles. The molecule has 1 aromatic carbocycles. The summed E-state index contributed by atoms with van der Waals surface area (Å²) in [4.78, 5) is 50.3. The number of carbonyl (C=O) groups excluding carboxylic acids is 3. The van der Waals surface area contributed by atoms with E-state index >= 15 is 14.4 Å². The summed E-state index contributed by atoms with van der Waals surface area (Å²) in [6, 6.07) is 13.1. The van der Waals surface area contributed by atoms with Crippen LogP contribution in [0.15, 0.2) is 59.4 Å². The van der Waals surface area contributed by atoms with Gasteiger partial charge in [-0.2, -0.15) is 0 Å². The number of benzene rings is 1. The highest BCUT2D eigenvalue weighted by Gasteiger charge is 2.94. The summed E-state index contributed by atoms with van der Waals surface area (Å²) in [6.45, 7) is 12.4. The van der Waals surface area contributed by atoms with Crippen LogP contribution in [-0.2, 0) is 46.2 Å². The molecule has 0 amide bonds. The van der Waals surface area contributed by atoms with Gasteiger partial charge in [-0.05, 0) is 199 Å². The Morgan fingerprint density at radius 3 is 2.46 bits per heavy atom. The van der Waals surface area contributed by atoms with E-state index in [1.807, 2.05) is 19.9 Å². The van der Waals surface area contributed by atoms with Crippen molar-refractivity contribution in [3.8, 4) is 0 Å². The molecule has 6 aliphatic heterocycles. The lowest BCUT2D eigenvalue weighted by atomic mass is 9.32.